The Labute approximate surface area is 113 Å². The van der Waals surface area contributed by atoms with Crippen LogP contribution in [0.25, 0.3) is 0 Å². The minimum absolute atomic E-state index is 0.0914. The summed E-state index contributed by atoms with van der Waals surface area (Å²) in [5.74, 6) is 0.295. The van der Waals surface area contributed by atoms with Gasteiger partial charge in [0.05, 0.1) is 10.5 Å². The second-order valence-electron chi connectivity index (χ2n) is 4.40. The lowest BCUT2D eigenvalue weighted by molar-refractivity contribution is -0.385. The molecule has 18 heavy (non-hydrogen) atoms. The van der Waals surface area contributed by atoms with Crippen molar-refractivity contribution in [2.24, 2.45) is 5.92 Å². The molecule has 0 radical (unpaired) electrons. The SMILES string of the molecule is O=C(NCC1CCC1)c1cccc([N+](=O)[O-])c1Br. The number of carbonyl (C=O) groups is 1. The van der Waals surface area contributed by atoms with E-state index in [1.165, 1.54) is 18.6 Å². The summed E-state index contributed by atoms with van der Waals surface area (Å²) in [6, 6.07) is 4.46. The zero-order valence-corrected chi connectivity index (χ0v) is 11.3. The number of benzene rings is 1. The van der Waals surface area contributed by atoms with E-state index in [0.29, 0.717) is 18.0 Å². The predicted octanol–water partition coefficient (Wildman–Crippen LogP) is 2.89. The number of amides is 1. The lowest BCUT2D eigenvalue weighted by atomic mass is 9.85. The van der Waals surface area contributed by atoms with Crippen molar-refractivity contribution in [1.82, 2.24) is 5.32 Å². The van der Waals surface area contributed by atoms with E-state index in [4.69, 9.17) is 0 Å². The van der Waals surface area contributed by atoms with Crippen LogP contribution >= 0.6 is 15.9 Å². The average molecular weight is 313 g/mol. The molecule has 1 amide bonds. The maximum absolute atomic E-state index is 11.9. The Bertz CT molecular complexity index is 486. The Kier molecular flexibility index (Phi) is 3.96. The van der Waals surface area contributed by atoms with Crippen LogP contribution in [0.1, 0.15) is 29.6 Å². The molecular formula is C12H13BrN2O3. The first kappa shape index (κ1) is 13.0. The molecule has 0 spiro atoms. The van der Waals surface area contributed by atoms with Crippen LogP contribution in [0.3, 0.4) is 0 Å². The van der Waals surface area contributed by atoms with Gasteiger partial charge in [-0.1, -0.05) is 12.5 Å². The Morgan fingerprint density at radius 2 is 2.22 bits per heavy atom. The van der Waals surface area contributed by atoms with Gasteiger partial charge in [-0.05, 0) is 40.8 Å². The molecule has 6 heteroatoms. The van der Waals surface area contributed by atoms with E-state index in [9.17, 15) is 14.9 Å². The van der Waals surface area contributed by atoms with Crippen molar-refractivity contribution in [1.29, 1.82) is 0 Å². The number of nitro benzene ring substituents is 1. The van der Waals surface area contributed by atoms with Crippen molar-refractivity contribution in [3.05, 3.63) is 38.3 Å². The standard InChI is InChI=1S/C12H13BrN2O3/c13-11-9(5-2-6-10(11)15(17)18)12(16)14-7-8-3-1-4-8/h2,5-6,8H,1,3-4,7H2,(H,14,16). The molecule has 1 N–H and O–H groups in total. The van der Waals surface area contributed by atoms with Crippen LogP contribution in [-0.4, -0.2) is 17.4 Å². The number of nitrogens with one attached hydrogen (secondary N) is 1. The molecule has 1 fully saturated rings. The van der Waals surface area contributed by atoms with Gasteiger partial charge in [-0.25, -0.2) is 0 Å². The summed E-state index contributed by atoms with van der Waals surface area (Å²) >= 11 is 3.12. The van der Waals surface area contributed by atoms with Crippen LogP contribution in [0.4, 0.5) is 5.69 Å². The molecule has 0 unspecified atom stereocenters. The third-order valence-electron chi connectivity index (χ3n) is 3.20. The summed E-state index contributed by atoms with van der Waals surface area (Å²) in [7, 11) is 0. The maximum Gasteiger partial charge on any atom is 0.284 e. The van der Waals surface area contributed by atoms with Crippen LogP contribution < -0.4 is 5.32 Å². The molecule has 2 rings (SSSR count). The van der Waals surface area contributed by atoms with Gasteiger partial charge in [0, 0.05) is 12.6 Å². The highest BCUT2D eigenvalue weighted by molar-refractivity contribution is 9.10. The van der Waals surface area contributed by atoms with E-state index in [1.54, 1.807) is 6.07 Å². The van der Waals surface area contributed by atoms with E-state index < -0.39 is 4.92 Å². The molecule has 1 aromatic rings. The van der Waals surface area contributed by atoms with Gasteiger partial charge in [0.15, 0.2) is 0 Å². The molecule has 0 atom stereocenters. The van der Waals surface area contributed by atoms with Crippen LogP contribution in [0.15, 0.2) is 22.7 Å². The minimum Gasteiger partial charge on any atom is -0.352 e. The average Bonchev–Trinajstić information content (AvgIpc) is 2.26. The highest BCUT2D eigenvalue weighted by Gasteiger charge is 2.21. The van der Waals surface area contributed by atoms with Gasteiger partial charge in [0.2, 0.25) is 0 Å². The molecule has 1 saturated carbocycles. The summed E-state index contributed by atoms with van der Waals surface area (Å²) in [5, 5.41) is 13.6. The van der Waals surface area contributed by atoms with Gasteiger partial charge in [-0.2, -0.15) is 0 Å². The minimum atomic E-state index is -0.507. The van der Waals surface area contributed by atoms with Gasteiger partial charge in [0.1, 0.15) is 4.47 Å². The molecule has 0 heterocycles. The van der Waals surface area contributed by atoms with Crippen molar-refractivity contribution in [3.8, 4) is 0 Å². The Morgan fingerprint density at radius 1 is 1.50 bits per heavy atom. The lowest BCUT2D eigenvalue weighted by Gasteiger charge is -2.25. The number of hydrogen-bond donors (Lipinski definition) is 1. The second-order valence-corrected chi connectivity index (χ2v) is 5.20. The largest absolute Gasteiger partial charge is 0.352 e. The maximum atomic E-state index is 11.9. The highest BCUT2D eigenvalue weighted by atomic mass is 79.9. The third kappa shape index (κ3) is 2.69. The van der Waals surface area contributed by atoms with Gasteiger partial charge < -0.3 is 5.32 Å². The van der Waals surface area contributed by atoms with Gasteiger partial charge in [-0.3, -0.25) is 14.9 Å². The number of rotatable bonds is 4. The molecule has 5 nitrogen and oxygen atoms in total. The number of nitrogens with zero attached hydrogens (tertiary/aromatic N) is 1. The van der Waals surface area contributed by atoms with Crippen molar-refractivity contribution >= 4 is 27.5 Å². The lowest BCUT2D eigenvalue weighted by Crippen LogP contribution is -2.32. The summed E-state index contributed by atoms with van der Waals surface area (Å²) in [4.78, 5) is 22.2. The molecule has 0 aliphatic heterocycles. The Hall–Kier alpha value is -1.43. The molecular weight excluding hydrogens is 300 g/mol. The van der Waals surface area contributed by atoms with Crippen LogP contribution in [0, 0.1) is 16.0 Å². The molecule has 1 aliphatic carbocycles. The summed E-state index contributed by atoms with van der Waals surface area (Å²) in [6.45, 7) is 0.647. The van der Waals surface area contributed by atoms with Crippen molar-refractivity contribution in [2.45, 2.75) is 19.3 Å². The van der Waals surface area contributed by atoms with Gasteiger partial charge in [-0.15, -0.1) is 0 Å². The van der Waals surface area contributed by atoms with Crippen LogP contribution in [0.2, 0.25) is 0 Å². The zero-order chi connectivity index (χ0) is 13.1. The molecule has 0 saturated heterocycles. The van der Waals surface area contributed by atoms with Gasteiger partial charge in [0.25, 0.3) is 11.6 Å². The van der Waals surface area contributed by atoms with Crippen molar-refractivity contribution in [3.63, 3.8) is 0 Å². The fourth-order valence-electron chi connectivity index (χ4n) is 1.87. The highest BCUT2D eigenvalue weighted by Crippen LogP contribution is 2.29. The Balaban J connectivity index is 2.09. The van der Waals surface area contributed by atoms with E-state index in [-0.39, 0.29) is 16.1 Å². The van der Waals surface area contributed by atoms with Gasteiger partial charge >= 0.3 is 0 Å². The van der Waals surface area contributed by atoms with E-state index >= 15 is 0 Å². The number of carbonyl (C=O) groups excluding carboxylic acids is 1. The second kappa shape index (κ2) is 5.48. The number of hydrogen-bond acceptors (Lipinski definition) is 3. The first-order valence-corrected chi connectivity index (χ1v) is 6.60. The molecule has 96 valence electrons. The van der Waals surface area contributed by atoms with Crippen molar-refractivity contribution < 1.29 is 9.72 Å². The van der Waals surface area contributed by atoms with E-state index in [0.717, 1.165) is 12.8 Å². The topological polar surface area (TPSA) is 72.2 Å². The smallest absolute Gasteiger partial charge is 0.284 e. The third-order valence-corrected chi connectivity index (χ3v) is 4.03. The predicted molar refractivity (Wildman–Crippen MR) is 70.5 cm³/mol. The van der Waals surface area contributed by atoms with Crippen LogP contribution in [-0.2, 0) is 0 Å². The van der Waals surface area contributed by atoms with E-state index in [1.807, 2.05) is 0 Å². The normalized spacial score (nSPS) is 14.9. The van der Waals surface area contributed by atoms with Crippen molar-refractivity contribution in [2.75, 3.05) is 6.54 Å². The molecule has 1 aromatic carbocycles. The summed E-state index contributed by atoms with van der Waals surface area (Å²) < 4.78 is 0.237. The Morgan fingerprint density at radius 3 is 2.78 bits per heavy atom. The molecule has 0 aromatic heterocycles. The fourth-order valence-corrected chi connectivity index (χ4v) is 2.45. The fraction of sp³-hybridized carbons (Fsp3) is 0.417. The first-order valence-electron chi connectivity index (χ1n) is 5.80. The summed E-state index contributed by atoms with van der Waals surface area (Å²) in [5.41, 5.74) is 0.217. The number of nitro groups is 1. The molecule has 0 bridgehead atoms. The van der Waals surface area contributed by atoms with E-state index in [2.05, 4.69) is 21.2 Å². The first-order chi connectivity index (χ1) is 8.59. The van der Waals surface area contributed by atoms with Crippen LogP contribution in [0.5, 0.6) is 0 Å². The zero-order valence-electron chi connectivity index (χ0n) is 9.69. The quantitative estimate of drug-likeness (QED) is 0.686. The number of halogens is 1. The monoisotopic (exact) mass is 312 g/mol. The molecule has 1 aliphatic rings. The summed E-state index contributed by atoms with van der Waals surface area (Å²) in [6.07, 6.45) is 3.52.